The van der Waals surface area contributed by atoms with Gasteiger partial charge < -0.3 is 0 Å². The average molecular weight is 677 g/mol. The van der Waals surface area contributed by atoms with E-state index in [4.69, 9.17) is 15.0 Å². The van der Waals surface area contributed by atoms with Gasteiger partial charge in [0.2, 0.25) is 0 Å². The normalized spacial score (nSPS) is 11.4. The molecule has 10 aromatic rings. The quantitative estimate of drug-likeness (QED) is 0.165. The number of benzene rings is 8. The number of aromatic nitrogens is 4. The molecule has 0 aliphatic heterocycles. The summed E-state index contributed by atoms with van der Waals surface area (Å²) in [4.78, 5) is 15.5. The summed E-state index contributed by atoms with van der Waals surface area (Å²) < 4.78 is 2.32. The number of nitrogens with zero attached hydrogens (tertiary/aromatic N) is 4. The summed E-state index contributed by atoms with van der Waals surface area (Å²) in [6.45, 7) is 0. The molecule has 10 rings (SSSR count). The van der Waals surface area contributed by atoms with Gasteiger partial charge in [0.1, 0.15) is 5.82 Å². The van der Waals surface area contributed by atoms with Crippen LogP contribution in [0.25, 0.3) is 94.7 Å². The number of hydrogen-bond acceptors (Lipinski definition) is 3. The van der Waals surface area contributed by atoms with Crippen LogP contribution in [-0.2, 0) is 0 Å². The van der Waals surface area contributed by atoms with Crippen LogP contribution >= 0.6 is 0 Å². The lowest BCUT2D eigenvalue weighted by atomic mass is 9.95. The van der Waals surface area contributed by atoms with E-state index in [-0.39, 0.29) is 0 Å². The monoisotopic (exact) mass is 676 g/mol. The van der Waals surface area contributed by atoms with Gasteiger partial charge in [0, 0.05) is 33.3 Å². The van der Waals surface area contributed by atoms with Gasteiger partial charge in [-0.1, -0.05) is 158 Å². The van der Waals surface area contributed by atoms with Crippen molar-refractivity contribution in [1.82, 2.24) is 19.5 Å². The Morgan fingerprint density at radius 3 is 1.57 bits per heavy atom. The Bertz CT molecular complexity index is 2860. The lowest BCUT2D eigenvalue weighted by Crippen LogP contribution is -1.98. The summed E-state index contributed by atoms with van der Waals surface area (Å²) in [7, 11) is 0. The van der Waals surface area contributed by atoms with E-state index in [1.807, 2.05) is 42.5 Å². The van der Waals surface area contributed by atoms with Crippen LogP contribution < -0.4 is 0 Å². The van der Waals surface area contributed by atoms with Crippen LogP contribution in [-0.4, -0.2) is 19.5 Å². The first-order valence-electron chi connectivity index (χ1n) is 17.9. The maximum atomic E-state index is 5.25. The van der Waals surface area contributed by atoms with Crippen molar-refractivity contribution >= 4 is 32.6 Å². The van der Waals surface area contributed by atoms with E-state index in [1.165, 1.54) is 21.5 Å². The van der Waals surface area contributed by atoms with Crippen molar-refractivity contribution in [1.29, 1.82) is 0 Å². The summed E-state index contributed by atoms with van der Waals surface area (Å²) in [6.07, 6.45) is 0. The largest absolute Gasteiger partial charge is 0.292 e. The smallest absolute Gasteiger partial charge is 0.160 e. The van der Waals surface area contributed by atoms with E-state index in [0.29, 0.717) is 5.82 Å². The molecule has 53 heavy (non-hydrogen) atoms. The third-order valence-electron chi connectivity index (χ3n) is 9.98. The van der Waals surface area contributed by atoms with E-state index in [2.05, 4.69) is 156 Å². The SMILES string of the molecule is c1ccc(-c2cc(-c3ccccc3)nc(-c3cccc(-c4ccc5ccc6ccc7nc(-c8ccccc8)n(-c8ccccc8)c7c6c5c4)c3)n2)cc1. The fourth-order valence-electron chi connectivity index (χ4n) is 7.42. The molecule has 0 unspecified atom stereocenters. The summed E-state index contributed by atoms with van der Waals surface area (Å²) in [6, 6.07) is 67.9. The van der Waals surface area contributed by atoms with Crippen molar-refractivity contribution < 1.29 is 0 Å². The van der Waals surface area contributed by atoms with Crippen molar-refractivity contribution in [3.63, 3.8) is 0 Å². The standard InChI is InChI=1S/C49H32N4/c1-5-14-34(15-6-1)44-32-45(35-16-7-2-8-17-35)51-48(50-44)40-21-13-20-38(30-40)39-27-25-33-24-26-36-28-29-43-47(46(36)42(33)31-39)53(41-22-11-4-12-23-41)49(52-43)37-18-9-3-10-19-37/h1-32H. The molecule has 0 fully saturated rings. The number of fused-ring (bicyclic) bond motifs is 5. The molecular formula is C49H32N4. The summed E-state index contributed by atoms with van der Waals surface area (Å²) in [5.74, 6) is 1.62. The maximum Gasteiger partial charge on any atom is 0.160 e. The Balaban J connectivity index is 1.17. The van der Waals surface area contributed by atoms with Crippen LogP contribution in [0, 0.1) is 0 Å². The Labute approximate surface area is 307 Å². The second kappa shape index (κ2) is 12.9. The summed E-state index contributed by atoms with van der Waals surface area (Å²) in [5, 5.41) is 4.72. The van der Waals surface area contributed by atoms with E-state index >= 15 is 0 Å². The van der Waals surface area contributed by atoms with Gasteiger partial charge in [-0.3, -0.25) is 4.57 Å². The molecule has 0 N–H and O–H groups in total. The van der Waals surface area contributed by atoms with Crippen molar-refractivity contribution in [3.05, 3.63) is 194 Å². The first kappa shape index (κ1) is 30.6. The van der Waals surface area contributed by atoms with Crippen LogP contribution in [0.2, 0.25) is 0 Å². The molecule has 0 amide bonds. The second-order valence-electron chi connectivity index (χ2n) is 13.3. The Morgan fingerprint density at radius 1 is 0.358 bits per heavy atom. The first-order valence-corrected chi connectivity index (χ1v) is 17.9. The van der Waals surface area contributed by atoms with E-state index < -0.39 is 0 Å². The highest BCUT2D eigenvalue weighted by atomic mass is 15.1. The zero-order valence-corrected chi connectivity index (χ0v) is 28.8. The molecular weight excluding hydrogens is 645 g/mol. The van der Waals surface area contributed by atoms with Gasteiger partial charge >= 0.3 is 0 Å². The first-order chi connectivity index (χ1) is 26.3. The highest BCUT2D eigenvalue weighted by Gasteiger charge is 2.19. The maximum absolute atomic E-state index is 5.25. The Kier molecular flexibility index (Phi) is 7.43. The fraction of sp³-hybridized carbons (Fsp3) is 0. The molecule has 4 heteroatoms. The molecule has 0 saturated heterocycles. The molecule has 0 aliphatic rings. The van der Waals surface area contributed by atoms with Gasteiger partial charge in [-0.05, 0) is 63.7 Å². The van der Waals surface area contributed by atoms with Gasteiger partial charge in [0.05, 0.1) is 22.4 Å². The number of rotatable bonds is 6. The molecule has 0 aliphatic carbocycles. The van der Waals surface area contributed by atoms with Gasteiger partial charge in [0.15, 0.2) is 5.82 Å². The lowest BCUT2D eigenvalue weighted by molar-refractivity contribution is 1.11. The fourth-order valence-corrected chi connectivity index (χ4v) is 7.42. The zero-order chi connectivity index (χ0) is 35.1. The van der Waals surface area contributed by atoms with Crippen LogP contribution in [0.4, 0.5) is 0 Å². The molecule has 0 saturated carbocycles. The van der Waals surface area contributed by atoms with Crippen LogP contribution in [0.5, 0.6) is 0 Å². The van der Waals surface area contributed by atoms with Crippen molar-refractivity contribution in [3.8, 4) is 62.1 Å². The van der Waals surface area contributed by atoms with Gasteiger partial charge in [-0.25, -0.2) is 15.0 Å². The topological polar surface area (TPSA) is 43.6 Å². The predicted molar refractivity (Wildman–Crippen MR) is 219 cm³/mol. The van der Waals surface area contributed by atoms with Crippen LogP contribution in [0.1, 0.15) is 0 Å². The van der Waals surface area contributed by atoms with Gasteiger partial charge in [-0.2, -0.15) is 0 Å². The predicted octanol–water partition coefficient (Wildman–Crippen LogP) is 12.5. The van der Waals surface area contributed by atoms with E-state index in [1.54, 1.807) is 0 Å². The molecule has 0 radical (unpaired) electrons. The van der Waals surface area contributed by atoms with Gasteiger partial charge in [-0.15, -0.1) is 0 Å². The van der Waals surface area contributed by atoms with Gasteiger partial charge in [0.25, 0.3) is 0 Å². The second-order valence-corrected chi connectivity index (χ2v) is 13.3. The molecule has 2 heterocycles. The summed E-state index contributed by atoms with van der Waals surface area (Å²) in [5.41, 5.74) is 11.3. The van der Waals surface area contributed by atoms with E-state index in [9.17, 15) is 0 Å². The van der Waals surface area contributed by atoms with Crippen molar-refractivity contribution in [2.24, 2.45) is 0 Å². The Morgan fingerprint density at radius 2 is 0.887 bits per heavy atom. The third kappa shape index (κ3) is 5.54. The highest BCUT2D eigenvalue weighted by Crippen LogP contribution is 2.39. The average Bonchev–Trinajstić information content (AvgIpc) is 3.64. The molecule has 4 nitrogen and oxygen atoms in total. The Hall–Kier alpha value is -7.17. The molecule has 8 aromatic carbocycles. The molecule has 0 atom stereocenters. The third-order valence-corrected chi connectivity index (χ3v) is 9.98. The molecule has 0 bridgehead atoms. The molecule has 248 valence electrons. The number of imidazole rings is 1. The molecule has 0 spiro atoms. The highest BCUT2D eigenvalue weighted by molar-refractivity contribution is 6.20. The number of hydrogen-bond donors (Lipinski definition) is 0. The minimum atomic E-state index is 0.695. The van der Waals surface area contributed by atoms with Crippen LogP contribution in [0.3, 0.4) is 0 Å². The zero-order valence-electron chi connectivity index (χ0n) is 28.8. The summed E-state index contributed by atoms with van der Waals surface area (Å²) >= 11 is 0. The van der Waals surface area contributed by atoms with Crippen molar-refractivity contribution in [2.45, 2.75) is 0 Å². The molecule has 2 aromatic heterocycles. The van der Waals surface area contributed by atoms with Crippen molar-refractivity contribution in [2.75, 3.05) is 0 Å². The minimum absolute atomic E-state index is 0.695. The van der Waals surface area contributed by atoms with Crippen LogP contribution in [0.15, 0.2) is 194 Å². The lowest BCUT2D eigenvalue weighted by Gasteiger charge is -2.13. The minimum Gasteiger partial charge on any atom is -0.292 e. The van der Waals surface area contributed by atoms with E-state index in [0.717, 1.165) is 67.3 Å². The number of para-hydroxylation sites is 1.